The molecule has 0 aliphatic carbocycles. The van der Waals surface area contributed by atoms with Crippen LogP contribution in [0.15, 0.2) is 6.20 Å². The largest absolute Gasteiger partial charge is 0.384 e. The number of nitrogen functional groups attached to an aromatic ring is 1. The average molecular weight is 135 g/mol. The topological polar surface area (TPSA) is 65.6 Å². The van der Waals surface area contributed by atoms with Gasteiger partial charge in [0, 0.05) is 6.20 Å². The summed E-state index contributed by atoms with van der Waals surface area (Å²) >= 11 is 0. The number of nitriles is 1. The number of aromatic nitrogens is 1. The summed E-state index contributed by atoms with van der Waals surface area (Å²) in [5.74, 6) is 0.472. The zero-order valence-electron chi connectivity index (χ0n) is 5.81. The highest BCUT2D eigenvalue weighted by Gasteiger charge is 2.04. The number of nitrogens with zero attached hydrogens (tertiary/aromatic N) is 1. The van der Waals surface area contributed by atoms with Crippen molar-refractivity contribution in [1.82, 2.24) is 4.98 Å². The van der Waals surface area contributed by atoms with Gasteiger partial charge in [0.05, 0.1) is 5.56 Å². The third-order valence-electron chi connectivity index (χ3n) is 1.49. The highest BCUT2D eigenvalue weighted by molar-refractivity contribution is 5.53. The summed E-state index contributed by atoms with van der Waals surface area (Å²) < 4.78 is 0. The Hall–Kier alpha value is -1.43. The van der Waals surface area contributed by atoms with Crippen molar-refractivity contribution in [1.29, 1.82) is 5.26 Å². The molecule has 0 saturated heterocycles. The van der Waals surface area contributed by atoms with Crippen LogP contribution in [0.1, 0.15) is 18.1 Å². The van der Waals surface area contributed by atoms with Crippen LogP contribution < -0.4 is 5.73 Å². The zero-order chi connectivity index (χ0) is 7.56. The zero-order valence-corrected chi connectivity index (χ0v) is 5.81. The Balaban J connectivity index is 3.17. The van der Waals surface area contributed by atoms with Crippen molar-refractivity contribution in [3.05, 3.63) is 17.3 Å². The number of nitrogens with two attached hydrogens (primary N) is 1. The van der Waals surface area contributed by atoms with E-state index in [0.717, 1.165) is 12.0 Å². The standard InChI is InChI=1S/C7H9N3/c1-2-5-4-10-7(9)6(5)3-8/h4,10H,2,9H2,1H3. The average Bonchev–Trinajstić information content (AvgIpc) is 2.30. The molecule has 3 N–H and O–H groups in total. The quantitative estimate of drug-likeness (QED) is 0.604. The lowest BCUT2D eigenvalue weighted by Crippen LogP contribution is -1.88. The van der Waals surface area contributed by atoms with Crippen LogP contribution in [0.2, 0.25) is 0 Å². The summed E-state index contributed by atoms with van der Waals surface area (Å²) in [6.07, 6.45) is 2.62. The van der Waals surface area contributed by atoms with E-state index in [2.05, 4.69) is 4.98 Å². The molecule has 0 amide bonds. The molecule has 0 aliphatic heterocycles. The molecule has 0 aliphatic rings. The van der Waals surface area contributed by atoms with E-state index in [0.29, 0.717) is 11.4 Å². The molecular formula is C7H9N3. The van der Waals surface area contributed by atoms with Gasteiger partial charge in [-0.15, -0.1) is 0 Å². The van der Waals surface area contributed by atoms with E-state index in [1.54, 1.807) is 6.20 Å². The van der Waals surface area contributed by atoms with E-state index < -0.39 is 0 Å². The summed E-state index contributed by atoms with van der Waals surface area (Å²) in [7, 11) is 0. The number of hydrogen-bond donors (Lipinski definition) is 2. The number of aryl methyl sites for hydroxylation is 1. The van der Waals surface area contributed by atoms with Gasteiger partial charge in [-0.3, -0.25) is 0 Å². The second-order valence-corrected chi connectivity index (χ2v) is 2.07. The molecule has 0 saturated carbocycles. The molecule has 1 heterocycles. The van der Waals surface area contributed by atoms with Gasteiger partial charge in [0.1, 0.15) is 11.9 Å². The van der Waals surface area contributed by atoms with Crippen molar-refractivity contribution in [2.24, 2.45) is 0 Å². The lowest BCUT2D eigenvalue weighted by molar-refractivity contribution is 1.14. The minimum atomic E-state index is 0.472. The molecule has 0 radical (unpaired) electrons. The van der Waals surface area contributed by atoms with Crippen LogP contribution in [0.25, 0.3) is 0 Å². The fraction of sp³-hybridized carbons (Fsp3) is 0.286. The molecular weight excluding hydrogens is 126 g/mol. The highest BCUT2D eigenvalue weighted by atomic mass is 14.8. The Morgan fingerprint density at radius 1 is 1.80 bits per heavy atom. The first-order valence-electron chi connectivity index (χ1n) is 3.15. The van der Waals surface area contributed by atoms with Crippen LogP contribution >= 0.6 is 0 Å². The fourth-order valence-corrected chi connectivity index (χ4v) is 0.893. The van der Waals surface area contributed by atoms with Crippen LogP contribution in [-0.4, -0.2) is 4.98 Å². The molecule has 0 bridgehead atoms. The van der Waals surface area contributed by atoms with Crippen LogP contribution in [0, 0.1) is 11.3 Å². The smallest absolute Gasteiger partial charge is 0.119 e. The summed E-state index contributed by atoms with van der Waals surface area (Å²) in [5, 5.41) is 8.57. The number of nitrogens with one attached hydrogen (secondary N) is 1. The lowest BCUT2D eigenvalue weighted by atomic mass is 10.1. The van der Waals surface area contributed by atoms with Crippen molar-refractivity contribution >= 4 is 5.82 Å². The minimum Gasteiger partial charge on any atom is -0.384 e. The molecule has 1 aromatic heterocycles. The second-order valence-electron chi connectivity index (χ2n) is 2.07. The molecule has 0 spiro atoms. The summed E-state index contributed by atoms with van der Waals surface area (Å²) in [5.41, 5.74) is 7.02. The molecule has 0 fully saturated rings. The number of H-pyrrole nitrogens is 1. The van der Waals surface area contributed by atoms with Crippen molar-refractivity contribution < 1.29 is 0 Å². The Kier molecular flexibility index (Phi) is 1.63. The fourth-order valence-electron chi connectivity index (χ4n) is 0.893. The van der Waals surface area contributed by atoms with Gasteiger partial charge in [-0.05, 0) is 12.0 Å². The SMILES string of the molecule is CCc1c[nH]c(N)c1C#N. The van der Waals surface area contributed by atoms with Crippen LogP contribution in [-0.2, 0) is 6.42 Å². The van der Waals surface area contributed by atoms with Gasteiger partial charge in [-0.25, -0.2) is 0 Å². The first kappa shape index (κ1) is 6.69. The molecule has 0 unspecified atom stereocenters. The maximum absolute atomic E-state index is 8.57. The van der Waals surface area contributed by atoms with Crippen LogP contribution in [0.3, 0.4) is 0 Å². The van der Waals surface area contributed by atoms with E-state index in [9.17, 15) is 0 Å². The van der Waals surface area contributed by atoms with E-state index in [1.165, 1.54) is 0 Å². The van der Waals surface area contributed by atoms with Crippen LogP contribution in [0.4, 0.5) is 5.82 Å². The van der Waals surface area contributed by atoms with Gasteiger partial charge in [0.15, 0.2) is 0 Å². The third-order valence-corrected chi connectivity index (χ3v) is 1.49. The van der Waals surface area contributed by atoms with Gasteiger partial charge in [0.2, 0.25) is 0 Å². The van der Waals surface area contributed by atoms with E-state index in [4.69, 9.17) is 11.0 Å². The van der Waals surface area contributed by atoms with Crippen molar-refractivity contribution in [2.75, 3.05) is 5.73 Å². The summed E-state index contributed by atoms with van der Waals surface area (Å²) in [6, 6.07) is 2.04. The Morgan fingerprint density at radius 3 is 2.90 bits per heavy atom. The summed E-state index contributed by atoms with van der Waals surface area (Å²) in [4.78, 5) is 2.79. The predicted octanol–water partition coefficient (Wildman–Crippen LogP) is 1.03. The monoisotopic (exact) mass is 135 g/mol. The van der Waals surface area contributed by atoms with Gasteiger partial charge in [0.25, 0.3) is 0 Å². The molecule has 0 atom stereocenters. The number of anilines is 1. The molecule has 52 valence electrons. The first-order valence-corrected chi connectivity index (χ1v) is 3.15. The van der Waals surface area contributed by atoms with Crippen LogP contribution in [0.5, 0.6) is 0 Å². The van der Waals surface area contributed by atoms with Gasteiger partial charge < -0.3 is 10.7 Å². The number of aromatic amines is 1. The van der Waals surface area contributed by atoms with Crippen molar-refractivity contribution in [3.8, 4) is 6.07 Å². The second kappa shape index (κ2) is 2.44. The minimum absolute atomic E-state index is 0.472. The van der Waals surface area contributed by atoms with Gasteiger partial charge in [-0.1, -0.05) is 6.92 Å². The normalized spacial score (nSPS) is 9.20. The Morgan fingerprint density at radius 2 is 2.50 bits per heavy atom. The molecule has 3 heteroatoms. The highest BCUT2D eigenvalue weighted by Crippen LogP contribution is 2.14. The molecule has 10 heavy (non-hydrogen) atoms. The number of hydrogen-bond acceptors (Lipinski definition) is 2. The molecule has 1 rings (SSSR count). The van der Waals surface area contributed by atoms with E-state index >= 15 is 0 Å². The van der Waals surface area contributed by atoms with Crippen molar-refractivity contribution in [3.63, 3.8) is 0 Å². The summed E-state index contributed by atoms with van der Waals surface area (Å²) in [6.45, 7) is 1.99. The maximum atomic E-state index is 8.57. The van der Waals surface area contributed by atoms with E-state index in [1.807, 2.05) is 13.0 Å². The Bertz CT molecular complexity index is 267. The molecule has 3 nitrogen and oxygen atoms in total. The molecule has 0 aromatic carbocycles. The molecule has 1 aromatic rings. The van der Waals surface area contributed by atoms with Gasteiger partial charge in [-0.2, -0.15) is 5.26 Å². The Labute approximate surface area is 59.5 Å². The third kappa shape index (κ3) is 0.841. The lowest BCUT2D eigenvalue weighted by Gasteiger charge is -1.88. The maximum Gasteiger partial charge on any atom is 0.119 e. The van der Waals surface area contributed by atoms with Gasteiger partial charge >= 0.3 is 0 Å². The van der Waals surface area contributed by atoms with Crippen molar-refractivity contribution in [2.45, 2.75) is 13.3 Å². The first-order chi connectivity index (χ1) is 4.79. The predicted molar refractivity (Wildman–Crippen MR) is 39.3 cm³/mol. The number of rotatable bonds is 1. The van der Waals surface area contributed by atoms with E-state index in [-0.39, 0.29) is 0 Å².